The normalized spacial score (nSPS) is 10.8. The van der Waals surface area contributed by atoms with Gasteiger partial charge in [0, 0.05) is 18.0 Å². The van der Waals surface area contributed by atoms with Gasteiger partial charge in [0.05, 0.1) is 18.1 Å². The molecule has 0 aliphatic heterocycles. The first-order valence-electron chi connectivity index (χ1n) is 6.64. The summed E-state index contributed by atoms with van der Waals surface area (Å²) in [5, 5.41) is 11.6. The smallest absolute Gasteiger partial charge is 0.267 e. The van der Waals surface area contributed by atoms with Crippen LogP contribution >= 0.6 is 0 Å². The summed E-state index contributed by atoms with van der Waals surface area (Å²) in [5.41, 5.74) is 3.95. The molecule has 0 aliphatic carbocycles. The fourth-order valence-electron chi connectivity index (χ4n) is 1.78. The third-order valence-corrected chi connectivity index (χ3v) is 2.91. The molecule has 0 radical (unpaired) electrons. The van der Waals surface area contributed by atoms with E-state index >= 15 is 0 Å². The second-order valence-electron chi connectivity index (χ2n) is 4.50. The molecule has 2 aromatic heterocycles. The monoisotopic (exact) mass is 310 g/mol. The second kappa shape index (κ2) is 6.56. The molecular weight excluding hydrogens is 299 g/mol. The molecule has 23 heavy (non-hydrogen) atoms. The molecule has 0 atom stereocenters. The summed E-state index contributed by atoms with van der Waals surface area (Å²) in [6, 6.07) is 8.98. The first-order chi connectivity index (χ1) is 11.2. The van der Waals surface area contributed by atoms with Crippen molar-refractivity contribution in [2.45, 2.75) is 0 Å². The maximum absolute atomic E-state index is 12.9. The average Bonchev–Trinajstić information content (AvgIpc) is 3.05. The Morgan fingerprint density at radius 1 is 1.17 bits per heavy atom. The molecule has 8 heteroatoms. The Morgan fingerprint density at radius 2 is 1.91 bits per heavy atom. The first-order valence-corrected chi connectivity index (χ1v) is 6.64. The summed E-state index contributed by atoms with van der Waals surface area (Å²) in [6.45, 7) is 0. The maximum atomic E-state index is 12.9. The summed E-state index contributed by atoms with van der Waals surface area (Å²) in [7, 11) is 0. The van der Waals surface area contributed by atoms with E-state index in [0.29, 0.717) is 16.9 Å². The zero-order valence-electron chi connectivity index (χ0n) is 11.8. The Hall–Kier alpha value is -3.42. The highest BCUT2D eigenvalue weighted by Crippen LogP contribution is 2.07. The number of carbonyl (C=O) groups excluding carboxylic acids is 1. The Labute approximate surface area is 130 Å². The molecule has 0 saturated carbocycles. The fraction of sp³-hybridized carbons (Fsp3) is 0. The number of nitrogens with zero attached hydrogens (tertiary/aromatic N) is 5. The molecule has 1 amide bonds. The van der Waals surface area contributed by atoms with E-state index in [4.69, 9.17) is 0 Å². The average molecular weight is 310 g/mol. The van der Waals surface area contributed by atoms with Crippen molar-refractivity contribution in [3.05, 3.63) is 72.1 Å². The lowest BCUT2D eigenvalue weighted by Gasteiger charge is -1.98. The van der Waals surface area contributed by atoms with Crippen molar-refractivity contribution in [2.24, 2.45) is 5.10 Å². The molecule has 7 nitrogen and oxygen atoms in total. The van der Waals surface area contributed by atoms with Gasteiger partial charge in [0.2, 0.25) is 0 Å². The largest absolute Gasteiger partial charge is 0.271 e. The van der Waals surface area contributed by atoms with E-state index in [2.05, 4.69) is 25.8 Å². The van der Waals surface area contributed by atoms with Gasteiger partial charge >= 0.3 is 0 Å². The zero-order valence-corrected chi connectivity index (χ0v) is 11.8. The number of aromatic nitrogens is 4. The number of hydrazone groups is 1. The number of hydrogen-bond acceptors (Lipinski definition) is 5. The molecule has 1 N–H and O–H groups in total. The molecule has 3 rings (SSSR count). The van der Waals surface area contributed by atoms with Crippen molar-refractivity contribution in [1.82, 2.24) is 25.4 Å². The van der Waals surface area contributed by atoms with Crippen LogP contribution in [0.5, 0.6) is 0 Å². The number of amides is 1. The third-order valence-electron chi connectivity index (χ3n) is 2.91. The van der Waals surface area contributed by atoms with Crippen LogP contribution in [0.4, 0.5) is 4.39 Å². The van der Waals surface area contributed by atoms with E-state index in [-0.39, 0.29) is 11.7 Å². The fourth-order valence-corrected chi connectivity index (χ4v) is 1.78. The number of pyridine rings is 1. The highest BCUT2D eigenvalue weighted by Gasteiger charge is 2.03. The summed E-state index contributed by atoms with van der Waals surface area (Å²) in [4.78, 5) is 15.6. The van der Waals surface area contributed by atoms with Crippen molar-refractivity contribution in [3.63, 3.8) is 0 Å². The maximum Gasteiger partial charge on any atom is 0.271 e. The van der Waals surface area contributed by atoms with Crippen LogP contribution < -0.4 is 5.43 Å². The minimum Gasteiger partial charge on any atom is -0.267 e. The van der Waals surface area contributed by atoms with E-state index in [9.17, 15) is 9.18 Å². The predicted octanol–water partition coefficient (Wildman–Crippen LogP) is 1.57. The van der Waals surface area contributed by atoms with Crippen molar-refractivity contribution in [2.75, 3.05) is 0 Å². The van der Waals surface area contributed by atoms with Gasteiger partial charge in [0.15, 0.2) is 0 Å². The molecule has 3 aromatic rings. The second-order valence-corrected chi connectivity index (χ2v) is 4.50. The number of rotatable bonds is 4. The minimum absolute atomic E-state index is 0.325. The van der Waals surface area contributed by atoms with Gasteiger partial charge in [-0.3, -0.25) is 9.78 Å². The molecule has 0 spiro atoms. The van der Waals surface area contributed by atoms with E-state index in [1.54, 1.807) is 30.5 Å². The van der Waals surface area contributed by atoms with Crippen LogP contribution in [-0.2, 0) is 0 Å². The molecule has 0 fully saturated rings. The summed E-state index contributed by atoms with van der Waals surface area (Å²) in [6.07, 6.45) is 6.02. The van der Waals surface area contributed by atoms with Gasteiger partial charge in [-0.15, -0.1) is 5.10 Å². The molecule has 0 bridgehead atoms. The van der Waals surface area contributed by atoms with Crippen LogP contribution in [0.25, 0.3) is 5.69 Å². The van der Waals surface area contributed by atoms with Crippen LogP contribution in [0.3, 0.4) is 0 Å². The summed E-state index contributed by atoms with van der Waals surface area (Å²) >= 11 is 0. The van der Waals surface area contributed by atoms with Crippen molar-refractivity contribution < 1.29 is 9.18 Å². The van der Waals surface area contributed by atoms with Crippen LogP contribution in [-0.4, -0.2) is 32.1 Å². The lowest BCUT2D eigenvalue weighted by Crippen LogP contribution is -2.17. The minimum atomic E-state index is -0.352. The number of benzene rings is 1. The van der Waals surface area contributed by atoms with Gasteiger partial charge in [-0.25, -0.2) is 14.5 Å². The summed E-state index contributed by atoms with van der Waals surface area (Å²) < 4.78 is 14.4. The van der Waals surface area contributed by atoms with Gasteiger partial charge in [0.25, 0.3) is 5.91 Å². The molecule has 0 aliphatic rings. The van der Waals surface area contributed by atoms with Gasteiger partial charge < -0.3 is 0 Å². The zero-order chi connectivity index (χ0) is 16.1. The van der Waals surface area contributed by atoms with Gasteiger partial charge in [0.1, 0.15) is 11.5 Å². The highest BCUT2D eigenvalue weighted by atomic mass is 19.1. The lowest BCUT2D eigenvalue weighted by molar-refractivity contribution is 0.0955. The van der Waals surface area contributed by atoms with E-state index in [1.165, 1.54) is 35.4 Å². The van der Waals surface area contributed by atoms with Crippen LogP contribution in [0.2, 0.25) is 0 Å². The highest BCUT2D eigenvalue weighted by molar-refractivity contribution is 5.94. The van der Waals surface area contributed by atoms with E-state index < -0.39 is 0 Å². The van der Waals surface area contributed by atoms with Gasteiger partial charge in [-0.2, -0.15) is 5.10 Å². The molecule has 114 valence electrons. The Kier molecular flexibility index (Phi) is 4.14. The predicted molar refractivity (Wildman–Crippen MR) is 80.6 cm³/mol. The van der Waals surface area contributed by atoms with Gasteiger partial charge in [-0.05, 0) is 36.4 Å². The lowest BCUT2D eigenvalue weighted by atomic mass is 10.3. The molecule has 0 saturated heterocycles. The van der Waals surface area contributed by atoms with Crippen LogP contribution in [0, 0.1) is 5.82 Å². The van der Waals surface area contributed by atoms with Crippen LogP contribution in [0.15, 0.2) is 60.1 Å². The first kappa shape index (κ1) is 14.5. The number of carbonyl (C=O) groups is 1. The van der Waals surface area contributed by atoms with Crippen LogP contribution in [0.1, 0.15) is 16.1 Å². The summed E-state index contributed by atoms with van der Waals surface area (Å²) in [5.74, 6) is -0.677. The molecular formula is C15H11FN6O. The number of halogens is 1. The SMILES string of the molecule is O=C(N/N=C/c1cn(-c2ccc(F)cc2)nn1)c1ccncc1. The van der Waals surface area contributed by atoms with E-state index in [0.717, 1.165) is 0 Å². The third kappa shape index (κ3) is 3.62. The molecule has 1 aromatic carbocycles. The number of nitrogens with one attached hydrogen (secondary N) is 1. The van der Waals surface area contributed by atoms with Crippen molar-refractivity contribution >= 4 is 12.1 Å². The molecule has 0 unspecified atom stereocenters. The Bertz CT molecular complexity index is 829. The topological polar surface area (TPSA) is 85.1 Å². The Morgan fingerprint density at radius 3 is 2.65 bits per heavy atom. The van der Waals surface area contributed by atoms with Crippen molar-refractivity contribution in [1.29, 1.82) is 0 Å². The van der Waals surface area contributed by atoms with E-state index in [1.807, 2.05) is 0 Å². The quantitative estimate of drug-likeness (QED) is 0.585. The molecule has 2 heterocycles. The van der Waals surface area contributed by atoms with Crippen molar-refractivity contribution in [3.8, 4) is 5.69 Å². The Balaban J connectivity index is 1.65. The standard InChI is InChI=1S/C15H11FN6O/c16-12-1-3-14(4-2-12)22-10-13(19-21-22)9-18-20-15(23)11-5-7-17-8-6-11/h1-10H,(H,20,23)/b18-9+. The van der Waals surface area contributed by atoms with Gasteiger partial charge in [-0.1, -0.05) is 5.21 Å². The number of hydrogen-bond donors (Lipinski definition) is 1.